The van der Waals surface area contributed by atoms with Crippen LogP contribution < -0.4 is 10.9 Å². The minimum absolute atomic E-state index is 0.0481. The van der Waals surface area contributed by atoms with Crippen molar-refractivity contribution in [3.63, 3.8) is 0 Å². The van der Waals surface area contributed by atoms with E-state index in [-0.39, 0.29) is 9.52 Å². The van der Waals surface area contributed by atoms with Gasteiger partial charge < -0.3 is 5.73 Å². The van der Waals surface area contributed by atoms with E-state index < -0.39 is 0 Å². The number of hydrogen-bond acceptors (Lipinski definition) is 2. The van der Waals surface area contributed by atoms with E-state index in [0.29, 0.717) is 0 Å². The first kappa shape index (κ1) is 13.8. The van der Waals surface area contributed by atoms with Crippen molar-refractivity contribution in [3.05, 3.63) is 29.3 Å². The maximum absolute atomic E-state index is 5.47. The van der Waals surface area contributed by atoms with E-state index in [1.54, 1.807) is 5.19 Å². The molecule has 0 saturated heterocycles. The van der Waals surface area contributed by atoms with Gasteiger partial charge in [-0.25, -0.2) is 0 Å². The highest BCUT2D eigenvalue weighted by Crippen LogP contribution is 2.06. The topological polar surface area (TPSA) is 26.0 Å². The van der Waals surface area contributed by atoms with Crippen molar-refractivity contribution in [2.24, 2.45) is 5.73 Å². The SMILES string of the molecule is Cc1cccc([SiH2]CCSCCCN)c1C. The molecule has 0 aliphatic rings. The normalized spacial score (nSPS) is 11.4. The second-order valence-electron chi connectivity index (χ2n) is 4.22. The van der Waals surface area contributed by atoms with Gasteiger partial charge in [-0.05, 0) is 55.5 Å². The summed E-state index contributed by atoms with van der Waals surface area (Å²) in [6, 6.07) is 8.15. The van der Waals surface area contributed by atoms with Crippen LogP contribution in [0.5, 0.6) is 0 Å². The lowest BCUT2D eigenvalue weighted by Gasteiger charge is -2.07. The predicted octanol–water partition coefficient (Wildman–Crippen LogP) is 1.60. The summed E-state index contributed by atoms with van der Waals surface area (Å²) < 4.78 is 0. The molecule has 0 aliphatic heterocycles. The molecule has 0 amide bonds. The van der Waals surface area contributed by atoms with Crippen LogP contribution in [0.4, 0.5) is 0 Å². The van der Waals surface area contributed by atoms with E-state index in [1.165, 1.54) is 28.7 Å². The van der Waals surface area contributed by atoms with Gasteiger partial charge in [0, 0.05) is 0 Å². The molecule has 90 valence electrons. The molecule has 0 fully saturated rings. The molecule has 0 aromatic heterocycles. The monoisotopic (exact) mass is 253 g/mol. The first-order chi connectivity index (χ1) is 7.75. The molecule has 1 aromatic carbocycles. The Balaban J connectivity index is 2.24. The van der Waals surface area contributed by atoms with Crippen LogP contribution in [0.25, 0.3) is 0 Å². The standard InChI is InChI=1S/C13H23NSSi/c1-11-5-3-6-13(12(11)2)16-10-9-15-8-4-7-14/h3,5-6H,4,7-10,14,16H2,1-2H3. The second kappa shape index (κ2) is 7.93. The minimum atomic E-state index is -0.0481. The van der Waals surface area contributed by atoms with Crippen molar-refractivity contribution in [3.8, 4) is 0 Å². The van der Waals surface area contributed by atoms with Gasteiger partial charge in [0.25, 0.3) is 0 Å². The first-order valence-corrected chi connectivity index (χ1v) is 8.94. The highest BCUT2D eigenvalue weighted by molar-refractivity contribution is 7.99. The molecule has 0 atom stereocenters. The molecule has 16 heavy (non-hydrogen) atoms. The fourth-order valence-corrected chi connectivity index (χ4v) is 5.04. The lowest BCUT2D eigenvalue weighted by molar-refractivity contribution is 0.943. The van der Waals surface area contributed by atoms with Gasteiger partial charge in [0.1, 0.15) is 0 Å². The van der Waals surface area contributed by atoms with Crippen molar-refractivity contribution < 1.29 is 0 Å². The van der Waals surface area contributed by atoms with Crippen LogP contribution in [-0.4, -0.2) is 27.6 Å². The maximum atomic E-state index is 5.47. The number of aryl methyl sites for hydroxylation is 1. The molecular weight excluding hydrogens is 230 g/mol. The molecule has 1 nitrogen and oxygen atoms in total. The van der Waals surface area contributed by atoms with E-state index in [2.05, 4.69) is 43.8 Å². The first-order valence-electron chi connectivity index (χ1n) is 6.08. The summed E-state index contributed by atoms with van der Waals surface area (Å²) in [7, 11) is -0.0481. The molecule has 0 heterocycles. The Morgan fingerprint density at radius 2 is 2.06 bits per heavy atom. The van der Waals surface area contributed by atoms with Gasteiger partial charge in [0.05, 0.1) is 9.52 Å². The minimum Gasteiger partial charge on any atom is -0.330 e. The summed E-state index contributed by atoms with van der Waals surface area (Å²) >= 11 is 2.06. The van der Waals surface area contributed by atoms with Crippen LogP contribution in [0.3, 0.4) is 0 Å². The molecule has 0 saturated carbocycles. The molecule has 2 N–H and O–H groups in total. The molecule has 0 spiro atoms. The summed E-state index contributed by atoms with van der Waals surface area (Å²) in [4.78, 5) is 0. The third kappa shape index (κ3) is 4.72. The Morgan fingerprint density at radius 1 is 1.25 bits per heavy atom. The van der Waals surface area contributed by atoms with Crippen LogP contribution >= 0.6 is 11.8 Å². The predicted molar refractivity (Wildman–Crippen MR) is 79.9 cm³/mol. The Kier molecular flexibility index (Phi) is 6.84. The van der Waals surface area contributed by atoms with Crippen molar-refractivity contribution in [2.45, 2.75) is 26.3 Å². The average Bonchev–Trinajstić information content (AvgIpc) is 2.29. The number of thioether (sulfide) groups is 1. The van der Waals surface area contributed by atoms with Gasteiger partial charge >= 0.3 is 0 Å². The fraction of sp³-hybridized carbons (Fsp3) is 0.538. The van der Waals surface area contributed by atoms with Crippen LogP contribution in [0.1, 0.15) is 17.5 Å². The van der Waals surface area contributed by atoms with Gasteiger partial charge in [-0.1, -0.05) is 23.4 Å². The van der Waals surface area contributed by atoms with Crippen LogP contribution in [0, 0.1) is 13.8 Å². The van der Waals surface area contributed by atoms with Gasteiger partial charge in [0.15, 0.2) is 0 Å². The van der Waals surface area contributed by atoms with Crippen molar-refractivity contribution >= 4 is 26.5 Å². The Hall–Kier alpha value is -0.253. The highest BCUT2D eigenvalue weighted by Gasteiger charge is 2.00. The Morgan fingerprint density at radius 3 is 2.81 bits per heavy atom. The summed E-state index contributed by atoms with van der Waals surface area (Å²) in [5.74, 6) is 2.55. The summed E-state index contributed by atoms with van der Waals surface area (Å²) in [6.45, 7) is 5.31. The molecule has 1 aromatic rings. The number of benzene rings is 1. The number of rotatable bonds is 7. The molecule has 3 heteroatoms. The Bertz CT molecular complexity index is 315. The summed E-state index contributed by atoms with van der Waals surface area (Å²) in [6.07, 6.45) is 1.16. The number of nitrogens with two attached hydrogens (primary N) is 1. The molecule has 0 unspecified atom stereocenters. The van der Waals surface area contributed by atoms with E-state index in [9.17, 15) is 0 Å². The van der Waals surface area contributed by atoms with Crippen molar-refractivity contribution in [1.29, 1.82) is 0 Å². The lowest BCUT2D eigenvalue weighted by Crippen LogP contribution is -2.18. The molecular formula is C13H23NSSi. The average molecular weight is 253 g/mol. The Labute approximate surface area is 106 Å². The van der Waals surface area contributed by atoms with Crippen molar-refractivity contribution in [2.75, 3.05) is 18.1 Å². The smallest absolute Gasteiger partial charge is 0.0559 e. The summed E-state index contributed by atoms with van der Waals surface area (Å²) in [5, 5.41) is 1.65. The van der Waals surface area contributed by atoms with Gasteiger partial charge in [-0.15, -0.1) is 0 Å². The lowest BCUT2D eigenvalue weighted by atomic mass is 10.1. The quantitative estimate of drug-likeness (QED) is 0.590. The molecule has 0 bridgehead atoms. The third-order valence-electron chi connectivity index (χ3n) is 2.94. The van der Waals surface area contributed by atoms with E-state index in [1.807, 2.05) is 0 Å². The van der Waals surface area contributed by atoms with Gasteiger partial charge in [-0.3, -0.25) is 0 Å². The van der Waals surface area contributed by atoms with Crippen LogP contribution in [-0.2, 0) is 0 Å². The van der Waals surface area contributed by atoms with Crippen LogP contribution in [0.2, 0.25) is 6.04 Å². The van der Waals surface area contributed by atoms with E-state index >= 15 is 0 Å². The maximum Gasteiger partial charge on any atom is 0.0559 e. The molecule has 0 aliphatic carbocycles. The van der Waals surface area contributed by atoms with E-state index in [4.69, 9.17) is 5.73 Å². The van der Waals surface area contributed by atoms with Crippen molar-refractivity contribution in [1.82, 2.24) is 0 Å². The van der Waals surface area contributed by atoms with Gasteiger partial charge in [0.2, 0.25) is 0 Å². The second-order valence-corrected chi connectivity index (χ2v) is 7.41. The number of hydrogen-bond donors (Lipinski definition) is 1. The zero-order chi connectivity index (χ0) is 11.8. The molecule has 1 rings (SSSR count). The zero-order valence-corrected chi connectivity index (χ0v) is 12.7. The summed E-state index contributed by atoms with van der Waals surface area (Å²) in [5.41, 5.74) is 8.44. The highest BCUT2D eigenvalue weighted by atomic mass is 32.2. The van der Waals surface area contributed by atoms with Crippen LogP contribution in [0.15, 0.2) is 18.2 Å². The fourth-order valence-electron chi connectivity index (χ4n) is 1.73. The van der Waals surface area contributed by atoms with Gasteiger partial charge in [-0.2, -0.15) is 11.8 Å². The van der Waals surface area contributed by atoms with E-state index in [0.717, 1.165) is 13.0 Å². The molecule has 0 radical (unpaired) electrons. The zero-order valence-electron chi connectivity index (χ0n) is 10.5. The largest absolute Gasteiger partial charge is 0.330 e. The third-order valence-corrected chi connectivity index (χ3v) is 6.62.